The van der Waals surface area contributed by atoms with Gasteiger partial charge in [0.25, 0.3) is 7.52 Å². The molecule has 4 atom stereocenters. The molecule has 0 aliphatic carbocycles. The standard InChI is InChI=1S/C26H38N5O7P/c1-17(2)12-22(26(35)36)30-23(14-18-6-4-3-5-7-18)31-39(37,38)16-29-24(33)15-28-25(34)21(27)13-19-8-10-20(32)11-9-19/h3-11,17,21-23,30,32H,12-16,27H2,1-2H3,(H,28,34)(H,29,33)(H,35,36)(H2,31,37,38). The SMILES string of the molecule is CC(C)CC(NC(Cc1ccccc1)NP(=O)(O)CNC(=O)CNC(=O)C(N)Cc1ccc(O)cc1)C(=O)O. The molecule has 12 nitrogen and oxygen atoms in total. The van der Waals surface area contributed by atoms with E-state index >= 15 is 0 Å². The lowest BCUT2D eigenvalue weighted by atomic mass is 10.0. The van der Waals surface area contributed by atoms with E-state index in [1.54, 1.807) is 24.3 Å². The minimum atomic E-state index is -4.17. The van der Waals surface area contributed by atoms with Crippen molar-refractivity contribution in [1.29, 1.82) is 0 Å². The van der Waals surface area contributed by atoms with Crippen LogP contribution in [-0.2, 0) is 31.8 Å². The van der Waals surface area contributed by atoms with Crippen LogP contribution in [0.2, 0.25) is 0 Å². The first-order chi connectivity index (χ1) is 18.3. The first-order valence-electron chi connectivity index (χ1n) is 12.5. The Morgan fingerprint density at radius 3 is 2.15 bits per heavy atom. The normalized spacial score (nSPS) is 15.1. The first-order valence-corrected chi connectivity index (χ1v) is 14.4. The fraction of sp³-hybridized carbons (Fsp3) is 0.423. The zero-order valence-electron chi connectivity index (χ0n) is 22.0. The van der Waals surface area contributed by atoms with Gasteiger partial charge in [-0.1, -0.05) is 56.3 Å². The van der Waals surface area contributed by atoms with Gasteiger partial charge in [-0.05, 0) is 42.0 Å². The highest BCUT2D eigenvalue weighted by molar-refractivity contribution is 7.55. The number of hydrogen-bond acceptors (Lipinski definition) is 7. The third-order valence-electron chi connectivity index (χ3n) is 5.69. The van der Waals surface area contributed by atoms with Crippen molar-refractivity contribution in [1.82, 2.24) is 21.0 Å². The molecule has 0 aliphatic rings. The van der Waals surface area contributed by atoms with Crippen molar-refractivity contribution >= 4 is 25.3 Å². The molecule has 2 aromatic carbocycles. The number of rotatable bonds is 16. The molecule has 0 radical (unpaired) electrons. The lowest BCUT2D eigenvalue weighted by Crippen LogP contribution is -2.51. The Kier molecular flexibility index (Phi) is 12.6. The summed E-state index contributed by atoms with van der Waals surface area (Å²) in [7, 11) is -4.17. The average Bonchev–Trinajstić information content (AvgIpc) is 2.87. The number of aliphatic carboxylic acids is 1. The smallest absolute Gasteiger partial charge is 0.320 e. The highest BCUT2D eigenvalue weighted by atomic mass is 31.2. The Hall–Kier alpha value is -3.28. The van der Waals surface area contributed by atoms with Crippen LogP contribution in [0.25, 0.3) is 0 Å². The summed E-state index contributed by atoms with van der Waals surface area (Å²) in [5.41, 5.74) is 7.41. The lowest BCUT2D eigenvalue weighted by Gasteiger charge is -2.27. The van der Waals surface area contributed by atoms with Gasteiger partial charge in [-0.2, -0.15) is 0 Å². The van der Waals surface area contributed by atoms with Crippen molar-refractivity contribution in [3.05, 3.63) is 65.7 Å². The van der Waals surface area contributed by atoms with Crippen LogP contribution in [0.3, 0.4) is 0 Å². The van der Waals surface area contributed by atoms with Crippen molar-refractivity contribution in [3.63, 3.8) is 0 Å². The molecule has 39 heavy (non-hydrogen) atoms. The number of carbonyl (C=O) groups is 3. The molecule has 2 amide bonds. The number of carboxylic acid groups (broad SMARTS) is 1. The number of benzene rings is 2. The Morgan fingerprint density at radius 2 is 1.56 bits per heavy atom. The summed E-state index contributed by atoms with van der Waals surface area (Å²) in [5, 5.41) is 29.1. The van der Waals surface area contributed by atoms with E-state index < -0.39 is 56.4 Å². The average molecular weight is 564 g/mol. The van der Waals surface area contributed by atoms with Gasteiger partial charge < -0.3 is 31.5 Å². The zero-order valence-corrected chi connectivity index (χ0v) is 22.9. The molecule has 4 unspecified atom stereocenters. The van der Waals surface area contributed by atoms with Crippen LogP contribution in [0, 0.1) is 5.92 Å². The van der Waals surface area contributed by atoms with Crippen LogP contribution in [0.1, 0.15) is 31.4 Å². The van der Waals surface area contributed by atoms with Crippen molar-refractivity contribution in [3.8, 4) is 5.75 Å². The Labute approximate surface area is 227 Å². The second-order valence-electron chi connectivity index (χ2n) is 9.71. The summed E-state index contributed by atoms with van der Waals surface area (Å²) < 4.78 is 12.9. The maximum atomic E-state index is 12.9. The Morgan fingerprint density at radius 1 is 0.949 bits per heavy atom. The molecule has 0 spiro atoms. The van der Waals surface area contributed by atoms with Crippen LogP contribution in [0.5, 0.6) is 5.75 Å². The van der Waals surface area contributed by atoms with Gasteiger partial charge in [0.05, 0.1) is 18.8 Å². The highest BCUT2D eigenvalue weighted by Gasteiger charge is 2.28. The van der Waals surface area contributed by atoms with Crippen LogP contribution in [-0.4, -0.2) is 64.0 Å². The molecule has 0 saturated carbocycles. The summed E-state index contributed by atoms with van der Waals surface area (Å²) >= 11 is 0. The minimum absolute atomic E-state index is 0.0700. The fourth-order valence-electron chi connectivity index (χ4n) is 3.77. The second-order valence-corrected chi connectivity index (χ2v) is 11.7. The topological polar surface area (TPSA) is 203 Å². The highest BCUT2D eigenvalue weighted by Crippen LogP contribution is 2.34. The lowest BCUT2D eigenvalue weighted by molar-refractivity contribution is -0.140. The first kappa shape index (κ1) is 31.9. The van der Waals surface area contributed by atoms with Crippen LogP contribution in [0.4, 0.5) is 0 Å². The number of nitrogens with two attached hydrogens (primary N) is 1. The van der Waals surface area contributed by atoms with Gasteiger partial charge in [0.15, 0.2) is 0 Å². The van der Waals surface area contributed by atoms with Gasteiger partial charge >= 0.3 is 5.97 Å². The molecule has 0 bridgehead atoms. The third-order valence-corrected chi connectivity index (χ3v) is 6.99. The van der Waals surface area contributed by atoms with E-state index in [0.717, 1.165) is 11.1 Å². The maximum Gasteiger partial charge on any atom is 0.320 e. The third kappa shape index (κ3) is 12.4. The second kappa shape index (κ2) is 15.3. The number of amides is 2. The molecular formula is C26H38N5O7P. The van der Waals surface area contributed by atoms with Crippen LogP contribution >= 0.6 is 7.52 Å². The minimum Gasteiger partial charge on any atom is -0.508 e. The van der Waals surface area contributed by atoms with Gasteiger partial charge in [-0.3, -0.25) is 24.3 Å². The Balaban J connectivity index is 1.91. The van der Waals surface area contributed by atoms with E-state index in [0.29, 0.717) is 6.42 Å². The number of aromatic hydroxyl groups is 1. The van der Waals surface area contributed by atoms with Gasteiger partial charge in [0.1, 0.15) is 18.1 Å². The van der Waals surface area contributed by atoms with Crippen molar-refractivity contribution in [2.45, 2.75) is 51.4 Å². The number of hydrogen-bond donors (Lipinski definition) is 8. The molecule has 0 saturated heterocycles. The Bertz CT molecular complexity index is 1130. The summed E-state index contributed by atoms with van der Waals surface area (Å²) in [4.78, 5) is 46.7. The van der Waals surface area contributed by atoms with E-state index in [9.17, 15) is 34.1 Å². The molecule has 2 aromatic rings. The van der Waals surface area contributed by atoms with E-state index in [1.807, 2.05) is 32.0 Å². The number of nitrogens with one attached hydrogen (secondary N) is 4. The molecule has 9 N–H and O–H groups in total. The van der Waals surface area contributed by atoms with Crippen molar-refractivity contribution < 1.29 is 34.1 Å². The van der Waals surface area contributed by atoms with Crippen molar-refractivity contribution in [2.24, 2.45) is 11.7 Å². The zero-order chi connectivity index (χ0) is 29.0. The van der Waals surface area contributed by atoms with Gasteiger partial charge in [-0.15, -0.1) is 0 Å². The van der Waals surface area contributed by atoms with E-state index in [-0.39, 0.29) is 24.5 Å². The number of carbonyl (C=O) groups excluding carboxylic acids is 2. The predicted molar refractivity (Wildman–Crippen MR) is 147 cm³/mol. The molecule has 0 fully saturated rings. The quantitative estimate of drug-likeness (QED) is 0.107. The molecule has 0 heterocycles. The van der Waals surface area contributed by atoms with Crippen LogP contribution < -0.4 is 26.8 Å². The fourth-order valence-corrected chi connectivity index (χ4v) is 4.90. The largest absolute Gasteiger partial charge is 0.508 e. The van der Waals surface area contributed by atoms with Crippen LogP contribution in [0.15, 0.2) is 54.6 Å². The number of phenolic OH excluding ortho intramolecular Hbond substituents is 1. The van der Waals surface area contributed by atoms with E-state index in [2.05, 4.69) is 21.0 Å². The molecule has 0 aliphatic heterocycles. The molecule has 0 aromatic heterocycles. The molecule has 13 heteroatoms. The van der Waals surface area contributed by atoms with Crippen molar-refractivity contribution in [2.75, 3.05) is 12.8 Å². The molecule has 2 rings (SSSR count). The number of carboxylic acids is 1. The molecular weight excluding hydrogens is 525 g/mol. The maximum absolute atomic E-state index is 12.9. The number of phenols is 1. The van der Waals surface area contributed by atoms with Gasteiger partial charge in [0, 0.05) is 6.42 Å². The molecule has 214 valence electrons. The van der Waals surface area contributed by atoms with E-state index in [1.165, 1.54) is 12.1 Å². The predicted octanol–water partition coefficient (Wildman–Crippen LogP) is 0.885. The summed E-state index contributed by atoms with van der Waals surface area (Å²) in [6, 6.07) is 13.4. The monoisotopic (exact) mass is 563 g/mol. The summed E-state index contributed by atoms with van der Waals surface area (Å²) in [5.74, 6) is -2.21. The van der Waals surface area contributed by atoms with Gasteiger partial charge in [0.2, 0.25) is 11.8 Å². The van der Waals surface area contributed by atoms with Gasteiger partial charge in [-0.25, -0.2) is 5.09 Å². The summed E-state index contributed by atoms with van der Waals surface area (Å²) in [6.45, 7) is 3.30. The summed E-state index contributed by atoms with van der Waals surface area (Å²) in [6.07, 6.45) is -0.805. The van der Waals surface area contributed by atoms with E-state index in [4.69, 9.17) is 5.73 Å².